The second-order valence-corrected chi connectivity index (χ2v) is 6.11. The van der Waals surface area contributed by atoms with E-state index in [4.69, 9.17) is 4.74 Å². The van der Waals surface area contributed by atoms with Crippen LogP contribution < -0.4 is 10.6 Å². The summed E-state index contributed by atoms with van der Waals surface area (Å²) in [6.45, 7) is 4.54. The minimum absolute atomic E-state index is 0.460. The van der Waals surface area contributed by atoms with Crippen molar-refractivity contribution in [2.75, 3.05) is 26.3 Å². The fourth-order valence-electron chi connectivity index (χ4n) is 1.57. The van der Waals surface area contributed by atoms with Crippen LogP contribution in [0.3, 0.4) is 0 Å². The first kappa shape index (κ1) is 11.5. The van der Waals surface area contributed by atoms with Crippen LogP contribution in [0.2, 0.25) is 0 Å². The lowest BCUT2D eigenvalue weighted by Crippen LogP contribution is -2.47. The summed E-state index contributed by atoms with van der Waals surface area (Å²) in [4.78, 5) is 1.36. The molecule has 0 aromatic carbocycles. The molecule has 1 aromatic heterocycles. The third-order valence-electron chi connectivity index (χ3n) is 2.32. The Hall–Kier alpha value is 0.0600. The Balaban J connectivity index is 1.65. The number of morpholine rings is 1. The monoisotopic (exact) mass is 290 g/mol. The van der Waals surface area contributed by atoms with Gasteiger partial charge in [-0.2, -0.15) is 0 Å². The van der Waals surface area contributed by atoms with E-state index >= 15 is 0 Å². The Morgan fingerprint density at radius 1 is 1.60 bits per heavy atom. The van der Waals surface area contributed by atoms with Crippen LogP contribution in [-0.4, -0.2) is 32.3 Å². The van der Waals surface area contributed by atoms with E-state index < -0.39 is 0 Å². The number of ether oxygens (including phenoxy) is 1. The Kier molecular flexibility index (Phi) is 4.59. The molecule has 1 aromatic rings. The highest BCUT2D eigenvalue weighted by Crippen LogP contribution is 2.21. The van der Waals surface area contributed by atoms with E-state index in [-0.39, 0.29) is 0 Å². The zero-order valence-electron chi connectivity index (χ0n) is 8.46. The molecule has 2 N–H and O–H groups in total. The minimum atomic E-state index is 0.460. The third kappa shape index (κ3) is 3.85. The average Bonchev–Trinajstić information content (AvgIpc) is 2.66. The third-order valence-corrected chi connectivity index (χ3v) is 3.94. The fraction of sp³-hybridized carbons (Fsp3) is 0.600. The maximum Gasteiger partial charge on any atom is 0.0701 e. The molecule has 0 saturated carbocycles. The molecule has 1 aliphatic heterocycles. The van der Waals surface area contributed by atoms with Crippen molar-refractivity contribution in [2.24, 2.45) is 0 Å². The first-order valence-electron chi connectivity index (χ1n) is 5.10. The Bertz CT molecular complexity index is 299. The topological polar surface area (TPSA) is 33.3 Å². The minimum Gasteiger partial charge on any atom is -0.378 e. The number of halogens is 1. The zero-order chi connectivity index (χ0) is 10.5. The van der Waals surface area contributed by atoms with Crippen molar-refractivity contribution in [3.8, 4) is 0 Å². The first-order valence-corrected chi connectivity index (χ1v) is 6.71. The number of rotatable bonds is 4. The molecule has 15 heavy (non-hydrogen) atoms. The lowest BCUT2D eigenvalue weighted by molar-refractivity contribution is 0.0767. The second kappa shape index (κ2) is 5.96. The van der Waals surface area contributed by atoms with Gasteiger partial charge in [0.15, 0.2) is 0 Å². The Labute approximate surface area is 102 Å². The maximum atomic E-state index is 5.38. The lowest BCUT2D eigenvalue weighted by atomic mass is 10.3. The van der Waals surface area contributed by atoms with Crippen molar-refractivity contribution < 1.29 is 4.74 Å². The van der Waals surface area contributed by atoms with Crippen molar-refractivity contribution in [2.45, 2.75) is 12.6 Å². The van der Waals surface area contributed by atoms with E-state index in [0.717, 1.165) is 32.8 Å². The highest BCUT2D eigenvalue weighted by Gasteiger charge is 2.11. The Morgan fingerprint density at radius 2 is 2.53 bits per heavy atom. The molecule has 5 heteroatoms. The quantitative estimate of drug-likeness (QED) is 0.884. The van der Waals surface area contributed by atoms with Gasteiger partial charge in [0.2, 0.25) is 0 Å². The number of hydrogen-bond acceptors (Lipinski definition) is 4. The van der Waals surface area contributed by atoms with Gasteiger partial charge in [-0.15, -0.1) is 11.3 Å². The van der Waals surface area contributed by atoms with Gasteiger partial charge < -0.3 is 15.4 Å². The average molecular weight is 291 g/mol. The van der Waals surface area contributed by atoms with Gasteiger partial charge in [-0.1, -0.05) is 0 Å². The van der Waals surface area contributed by atoms with Gasteiger partial charge in [0.05, 0.1) is 17.0 Å². The molecule has 1 saturated heterocycles. The van der Waals surface area contributed by atoms with Crippen LogP contribution in [0.15, 0.2) is 15.9 Å². The summed E-state index contributed by atoms with van der Waals surface area (Å²) in [5, 5.41) is 6.85. The highest BCUT2D eigenvalue weighted by molar-refractivity contribution is 9.11. The molecule has 2 rings (SSSR count). The number of nitrogens with one attached hydrogen (secondary N) is 2. The second-order valence-electron chi connectivity index (χ2n) is 3.56. The molecule has 2 heterocycles. The van der Waals surface area contributed by atoms with Gasteiger partial charge in [-0.25, -0.2) is 0 Å². The molecule has 1 atom stereocenters. The first-order chi connectivity index (χ1) is 7.34. The number of thiophene rings is 1. The van der Waals surface area contributed by atoms with E-state index in [9.17, 15) is 0 Å². The molecule has 0 aliphatic carbocycles. The molecule has 0 bridgehead atoms. The highest BCUT2D eigenvalue weighted by atomic mass is 79.9. The van der Waals surface area contributed by atoms with Gasteiger partial charge in [-0.05, 0) is 28.1 Å². The van der Waals surface area contributed by atoms with Gasteiger partial charge in [-0.3, -0.25) is 0 Å². The van der Waals surface area contributed by atoms with Gasteiger partial charge in [0, 0.05) is 30.6 Å². The molecule has 84 valence electrons. The van der Waals surface area contributed by atoms with E-state index in [1.54, 1.807) is 11.3 Å². The summed E-state index contributed by atoms with van der Waals surface area (Å²) in [5.74, 6) is 0. The van der Waals surface area contributed by atoms with Gasteiger partial charge >= 0.3 is 0 Å². The van der Waals surface area contributed by atoms with Crippen molar-refractivity contribution in [1.82, 2.24) is 10.6 Å². The zero-order valence-corrected chi connectivity index (χ0v) is 10.9. The van der Waals surface area contributed by atoms with Crippen LogP contribution in [0.4, 0.5) is 0 Å². The molecular weight excluding hydrogens is 276 g/mol. The van der Waals surface area contributed by atoms with Crippen LogP contribution in [-0.2, 0) is 11.3 Å². The van der Waals surface area contributed by atoms with Crippen LogP contribution in [0.25, 0.3) is 0 Å². The van der Waals surface area contributed by atoms with E-state index in [0.29, 0.717) is 6.04 Å². The molecule has 0 amide bonds. The molecular formula is C10H15BrN2OS. The van der Waals surface area contributed by atoms with E-state index in [2.05, 4.69) is 38.7 Å². The summed E-state index contributed by atoms with van der Waals surface area (Å²) in [6.07, 6.45) is 0. The number of hydrogen-bond donors (Lipinski definition) is 2. The molecule has 1 aliphatic rings. The SMILES string of the molecule is Brc1ccc(CNCC2COCCN2)s1. The van der Waals surface area contributed by atoms with Crippen molar-refractivity contribution in [1.29, 1.82) is 0 Å². The standard InChI is InChI=1S/C10H15BrN2OS/c11-10-2-1-9(15-10)6-12-5-8-7-14-4-3-13-8/h1-2,8,12-13H,3-7H2. The molecule has 1 unspecified atom stereocenters. The van der Waals surface area contributed by atoms with Crippen LogP contribution in [0.5, 0.6) is 0 Å². The van der Waals surface area contributed by atoms with Crippen molar-refractivity contribution >= 4 is 27.3 Å². The largest absolute Gasteiger partial charge is 0.378 e. The fourth-order valence-corrected chi connectivity index (χ4v) is 3.02. The van der Waals surface area contributed by atoms with Crippen molar-refractivity contribution in [3.05, 3.63) is 20.8 Å². The molecule has 0 radical (unpaired) electrons. The lowest BCUT2D eigenvalue weighted by Gasteiger charge is -2.23. The van der Waals surface area contributed by atoms with E-state index in [1.807, 2.05) is 0 Å². The summed E-state index contributed by atoms with van der Waals surface area (Å²) in [7, 11) is 0. The van der Waals surface area contributed by atoms with Crippen LogP contribution in [0, 0.1) is 0 Å². The predicted molar refractivity (Wildman–Crippen MR) is 66.3 cm³/mol. The smallest absolute Gasteiger partial charge is 0.0701 e. The predicted octanol–water partition coefficient (Wildman–Crippen LogP) is 1.59. The Morgan fingerprint density at radius 3 is 3.20 bits per heavy atom. The van der Waals surface area contributed by atoms with Crippen LogP contribution in [0.1, 0.15) is 4.88 Å². The summed E-state index contributed by atoms with van der Waals surface area (Å²) in [5.41, 5.74) is 0. The maximum absolute atomic E-state index is 5.38. The molecule has 1 fully saturated rings. The van der Waals surface area contributed by atoms with Crippen LogP contribution >= 0.6 is 27.3 Å². The normalized spacial score (nSPS) is 21.8. The summed E-state index contributed by atoms with van der Waals surface area (Å²) in [6, 6.07) is 4.69. The molecule has 0 spiro atoms. The van der Waals surface area contributed by atoms with Gasteiger partial charge in [0.1, 0.15) is 0 Å². The summed E-state index contributed by atoms with van der Waals surface area (Å²) >= 11 is 5.24. The molecule has 3 nitrogen and oxygen atoms in total. The van der Waals surface area contributed by atoms with Gasteiger partial charge in [0.25, 0.3) is 0 Å². The summed E-state index contributed by atoms with van der Waals surface area (Å²) < 4.78 is 6.57. The van der Waals surface area contributed by atoms with E-state index in [1.165, 1.54) is 8.66 Å². The van der Waals surface area contributed by atoms with Crippen molar-refractivity contribution in [3.63, 3.8) is 0 Å².